The van der Waals surface area contributed by atoms with Gasteiger partial charge in [0.05, 0.1) is 5.69 Å². The number of benzene rings is 2. The van der Waals surface area contributed by atoms with Crippen molar-refractivity contribution in [3.8, 4) is 5.69 Å². The Morgan fingerprint density at radius 2 is 1.97 bits per heavy atom. The molecular weight excluding hydrogens is 441 g/mol. The van der Waals surface area contributed by atoms with E-state index >= 15 is 0 Å². The summed E-state index contributed by atoms with van der Waals surface area (Å²) < 4.78 is 16.4. The third-order valence-electron chi connectivity index (χ3n) is 6.72. The molecule has 3 aromatic rings. The lowest BCUT2D eigenvalue weighted by Crippen LogP contribution is -2.60. The topological polar surface area (TPSA) is 21.1 Å². The van der Waals surface area contributed by atoms with Crippen LogP contribution in [0.5, 0.6) is 0 Å². The number of hydrogen-bond acceptors (Lipinski definition) is 2. The van der Waals surface area contributed by atoms with Crippen LogP contribution < -0.4 is 0 Å². The molecule has 1 saturated heterocycles. The zero-order chi connectivity index (χ0) is 20.9. The first-order valence-corrected chi connectivity index (χ1v) is 11.5. The molecule has 0 atom stereocenters. The fourth-order valence-corrected chi connectivity index (χ4v) is 5.43. The van der Waals surface area contributed by atoms with Gasteiger partial charge in [-0.1, -0.05) is 46.8 Å². The lowest BCUT2D eigenvalue weighted by atomic mass is 9.56. The third-order valence-corrected chi connectivity index (χ3v) is 7.37. The fraction of sp³-hybridized carbons (Fsp3) is 0.320. The van der Waals surface area contributed by atoms with Gasteiger partial charge in [-0.2, -0.15) is 5.10 Å². The quantitative estimate of drug-likeness (QED) is 0.426. The van der Waals surface area contributed by atoms with E-state index in [1.54, 1.807) is 6.07 Å². The van der Waals surface area contributed by atoms with Crippen molar-refractivity contribution in [1.29, 1.82) is 0 Å². The maximum absolute atomic E-state index is 14.3. The van der Waals surface area contributed by atoms with Crippen LogP contribution in [-0.4, -0.2) is 27.8 Å². The van der Waals surface area contributed by atoms with E-state index in [0.717, 1.165) is 42.9 Å². The highest BCUT2D eigenvalue weighted by Gasteiger charge is 2.53. The zero-order valence-corrected chi connectivity index (χ0v) is 18.7. The Kier molecular flexibility index (Phi) is 4.81. The maximum atomic E-state index is 14.3. The van der Waals surface area contributed by atoms with Gasteiger partial charge in [0, 0.05) is 52.9 Å². The van der Waals surface area contributed by atoms with Crippen LogP contribution in [0.4, 0.5) is 4.39 Å². The first-order chi connectivity index (χ1) is 14.5. The second-order valence-corrected chi connectivity index (χ2v) is 9.37. The minimum Gasteiger partial charge on any atom is -0.370 e. The number of nitrogens with zero attached hydrogens (tertiary/aromatic N) is 3. The van der Waals surface area contributed by atoms with Gasteiger partial charge in [-0.05, 0) is 55.2 Å². The molecule has 0 N–H and O–H groups in total. The largest absolute Gasteiger partial charge is 0.370 e. The predicted octanol–water partition coefficient (Wildman–Crippen LogP) is 6.07. The van der Waals surface area contributed by atoms with E-state index in [4.69, 9.17) is 0 Å². The van der Waals surface area contributed by atoms with Gasteiger partial charge >= 0.3 is 0 Å². The number of alkyl halides is 1. The fourth-order valence-electron chi connectivity index (χ4n) is 5.08. The Labute approximate surface area is 185 Å². The van der Waals surface area contributed by atoms with Crippen molar-refractivity contribution in [3.63, 3.8) is 0 Å². The molecule has 2 aliphatic rings. The molecule has 1 saturated carbocycles. The minimum atomic E-state index is -0.195. The van der Waals surface area contributed by atoms with Gasteiger partial charge in [-0.3, -0.25) is 0 Å². The molecule has 1 spiro atoms. The maximum Gasteiger partial charge on any atom is 0.132 e. The monoisotopic (exact) mass is 465 g/mol. The highest BCUT2D eigenvalue weighted by Crippen LogP contribution is 2.57. The number of likely N-dealkylation sites (tertiary alicyclic amines) is 1. The van der Waals surface area contributed by atoms with Crippen LogP contribution in [-0.2, 0) is 5.33 Å². The van der Waals surface area contributed by atoms with Crippen LogP contribution in [0, 0.1) is 18.2 Å². The van der Waals surface area contributed by atoms with Crippen LogP contribution in [0.1, 0.15) is 41.1 Å². The van der Waals surface area contributed by atoms with Crippen molar-refractivity contribution in [3.05, 3.63) is 89.5 Å². The molecule has 0 bridgehead atoms. The van der Waals surface area contributed by atoms with Gasteiger partial charge in [0.2, 0.25) is 0 Å². The average molecular weight is 466 g/mol. The molecule has 2 fully saturated rings. The van der Waals surface area contributed by atoms with Crippen molar-refractivity contribution < 1.29 is 4.39 Å². The Morgan fingerprint density at radius 3 is 2.70 bits per heavy atom. The van der Waals surface area contributed by atoms with Gasteiger partial charge in [0.15, 0.2) is 0 Å². The Morgan fingerprint density at radius 1 is 1.20 bits per heavy atom. The summed E-state index contributed by atoms with van der Waals surface area (Å²) in [6.45, 7) is 8.24. The van der Waals surface area contributed by atoms with Crippen molar-refractivity contribution in [1.82, 2.24) is 14.7 Å². The zero-order valence-electron chi connectivity index (χ0n) is 17.1. The Balaban J connectivity index is 1.26. The molecule has 3 nitrogen and oxygen atoms in total. The number of rotatable bonds is 5. The predicted molar refractivity (Wildman–Crippen MR) is 122 cm³/mol. The normalized spacial score (nSPS) is 17.6. The molecule has 0 unspecified atom stereocenters. The number of halogens is 2. The lowest BCUT2D eigenvalue weighted by molar-refractivity contribution is -0.0412. The number of hydrogen-bond donors (Lipinski definition) is 0. The second kappa shape index (κ2) is 7.38. The molecule has 5 heteroatoms. The molecular formula is C25H25BrFN3. The summed E-state index contributed by atoms with van der Waals surface area (Å²) in [4.78, 5) is 2.23. The lowest BCUT2D eigenvalue weighted by Gasteiger charge is -2.60. The highest BCUT2D eigenvalue weighted by molar-refractivity contribution is 9.08. The van der Waals surface area contributed by atoms with Crippen LogP contribution in [0.15, 0.2) is 61.3 Å². The Hall–Kier alpha value is -2.40. The van der Waals surface area contributed by atoms with E-state index in [1.807, 2.05) is 18.3 Å². The summed E-state index contributed by atoms with van der Waals surface area (Å²) in [5.41, 5.74) is 6.50. The molecule has 1 aliphatic carbocycles. The summed E-state index contributed by atoms with van der Waals surface area (Å²) in [6, 6.07) is 15.8. The minimum absolute atomic E-state index is 0.195. The second-order valence-electron chi connectivity index (χ2n) is 8.81. The smallest absolute Gasteiger partial charge is 0.132 e. The van der Waals surface area contributed by atoms with Crippen molar-refractivity contribution in [2.45, 2.75) is 31.0 Å². The van der Waals surface area contributed by atoms with E-state index < -0.39 is 0 Å². The SMILES string of the molecule is C=C(c1cc(CBr)ccc1F)N1CC2(CC(c3ccnn3-c3ccccc3C)C2)C1. The molecule has 154 valence electrons. The van der Waals surface area contributed by atoms with E-state index in [1.165, 1.54) is 11.3 Å². The molecule has 2 aromatic carbocycles. The van der Waals surface area contributed by atoms with Crippen molar-refractivity contribution >= 4 is 21.6 Å². The number of aryl methyl sites for hydroxylation is 1. The molecule has 5 rings (SSSR count). The first-order valence-electron chi connectivity index (χ1n) is 10.4. The van der Waals surface area contributed by atoms with Crippen molar-refractivity contribution in [2.24, 2.45) is 5.41 Å². The molecule has 1 aliphatic heterocycles. The van der Waals surface area contributed by atoms with Crippen LogP contribution in [0.3, 0.4) is 0 Å². The molecule has 1 aromatic heterocycles. The highest BCUT2D eigenvalue weighted by atomic mass is 79.9. The van der Waals surface area contributed by atoms with Gasteiger partial charge in [-0.25, -0.2) is 9.07 Å². The number of aromatic nitrogens is 2. The van der Waals surface area contributed by atoms with Gasteiger partial charge in [0.1, 0.15) is 5.82 Å². The standard InChI is InChI=1S/C25H25BrFN3/c1-17-5-3-4-6-23(17)30-24(9-10-28-30)20-12-25(13-20)15-29(16-25)18(2)21-11-19(14-26)7-8-22(21)27/h3-11,20H,2,12-16H2,1H3. The van der Waals surface area contributed by atoms with Crippen molar-refractivity contribution in [2.75, 3.05) is 13.1 Å². The van der Waals surface area contributed by atoms with E-state index in [-0.39, 0.29) is 5.82 Å². The summed E-state index contributed by atoms with van der Waals surface area (Å²) in [5, 5.41) is 5.31. The summed E-state index contributed by atoms with van der Waals surface area (Å²) in [6.07, 6.45) is 4.21. The summed E-state index contributed by atoms with van der Waals surface area (Å²) >= 11 is 3.45. The summed E-state index contributed by atoms with van der Waals surface area (Å²) in [5.74, 6) is 0.329. The van der Waals surface area contributed by atoms with Crippen LogP contribution >= 0.6 is 15.9 Å². The Bertz CT molecular complexity index is 1110. The molecule has 0 amide bonds. The molecule has 2 heterocycles. The first kappa shape index (κ1) is 19.6. The van der Waals surface area contributed by atoms with Gasteiger partial charge < -0.3 is 4.90 Å². The van der Waals surface area contributed by atoms with E-state index in [2.05, 4.69) is 74.4 Å². The third kappa shape index (κ3) is 3.20. The van der Waals surface area contributed by atoms with Crippen LogP contribution in [0.2, 0.25) is 0 Å². The van der Waals surface area contributed by atoms with E-state index in [9.17, 15) is 4.39 Å². The molecule has 0 radical (unpaired) electrons. The van der Waals surface area contributed by atoms with Crippen LogP contribution in [0.25, 0.3) is 11.4 Å². The molecule has 30 heavy (non-hydrogen) atoms. The van der Waals surface area contributed by atoms with E-state index in [0.29, 0.717) is 22.2 Å². The number of para-hydroxylation sites is 1. The van der Waals surface area contributed by atoms with Gasteiger partial charge in [-0.15, -0.1) is 0 Å². The summed E-state index contributed by atoms with van der Waals surface area (Å²) in [7, 11) is 0. The van der Waals surface area contributed by atoms with Gasteiger partial charge in [0.25, 0.3) is 0 Å². The average Bonchev–Trinajstić information content (AvgIpc) is 3.15.